The number of carbonyl (C=O) groups is 2. The molecular formula is C5H7NO2S. The van der Waals surface area contributed by atoms with Crippen LogP contribution >= 0.6 is 11.9 Å². The summed E-state index contributed by atoms with van der Waals surface area (Å²) in [4.78, 5) is 20.9. The molecule has 0 saturated carbocycles. The zero-order valence-electron chi connectivity index (χ0n) is 5.09. The molecule has 0 bridgehead atoms. The average Bonchev–Trinajstić information content (AvgIpc) is 1.79. The molecule has 0 unspecified atom stereocenters. The lowest BCUT2D eigenvalue weighted by molar-refractivity contribution is -0.132. The lowest BCUT2D eigenvalue weighted by atomic mass is 10.3. The van der Waals surface area contributed by atoms with Crippen LogP contribution in [-0.4, -0.2) is 21.9 Å². The van der Waals surface area contributed by atoms with E-state index in [-0.39, 0.29) is 11.0 Å². The van der Waals surface area contributed by atoms with Crippen LogP contribution in [0, 0.1) is 0 Å². The van der Waals surface area contributed by atoms with Crippen LogP contribution in [0.25, 0.3) is 0 Å². The number of hydrogen-bond donors (Lipinski definition) is 0. The fourth-order valence-corrected chi connectivity index (χ4v) is 1.23. The van der Waals surface area contributed by atoms with Crippen LogP contribution in [0.3, 0.4) is 0 Å². The molecular weight excluding hydrogens is 138 g/mol. The first kappa shape index (κ1) is 6.61. The Labute approximate surface area is 57.5 Å². The number of β-lactam (4-membered cyclic amide) rings is 1. The highest BCUT2D eigenvalue weighted by molar-refractivity contribution is 8.12. The molecule has 1 rings (SSSR count). The van der Waals surface area contributed by atoms with Crippen LogP contribution in [-0.2, 0) is 9.59 Å². The zero-order chi connectivity index (χ0) is 6.85. The summed E-state index contributed by atoms with van der Waals surface area (Å²) in [6.45, 7) is 2.18. The Balaban J connectivity index is 2.29. The number of nitrogens with zero attached hydrogens (tertiary/aromatic N) is 1. The molecule has 1 saturated heterocycles. The summed E-state index contributed by atoms with van der Waals surface area (Å²) in [5.74, 6) is 0.0650. The molecule has 0 radical (unpaired) electrons. The number of carbonyl (C=O) groups excluding carboxylic acids is 2. The Morgan fingerprint density at radius 3 is 2.56 bits per heavy atom. The van der Waals surface area contributed by atoms with E-state index in [1.54, 1.807) is 0 Å². The summed E-state index contributed by atoms with van der Waals surface area (Å²) in [7, 11) is 0. The molecule has 0 N–H and O–H groups in total. The fraction of sp³-hybridized carbons (Fsp3) is 0.600. The standard InChI is InChI=1S/C5H7NO2S/c1-4(7)9-6-3-2-5(6)8/h2-3H2,1H3. The Morgan fingerprint density at radius 2 is 2.44 bits per heavy atom. The third-order valence-electron chi connectivity index (χ3n) is 1.05. The van der Waals surface area contributed by atoms with Crippen LogP contribution < -0.4 is 0 Å². The van der Waals surface area contributed by atoms with E-state index in [2.05, 4.69) is 0 Å². The van der Waals surface area contributed by atoms with Crippen LogP contribution in [0.5, 0.6) is 0 Å². The van der Waals surface area contributed by atoms with Crippen LogP contribution in [0.1, 0.15) is 13.3 Å². The molecule has 0 aromatic rings. The van der Waals surface area contributed by atoms with E-state index in [1.165, 1.54) is 11.2 Å². The van der Waals surface area contributed by atoms with Gasteiger partial charge in [0.15, 0.2) is 0 Å². The minimum Gasteiger partial charge on any atom is -0.286 e. The molecule has 0 aromatic heterocycles. The maximum absolute atomic E-state index is 10.5. The Kier molecular flexibility index (Phi) is 1.75. The maximum atomic E-state index is 10.5. The van der Waals surface area contributed by atoms with Gasteiger partial charge in [0.05, 0.1) is 0 Å². The van der Waals surface area contributed by atoms with Gasteiger partial charge in [-0.2, -0.15) is 0 Å². The third kappa shape index (κ3) is 1.45. The largest absolute Gasteiger partial charge is 0.286 e. The minimum absolute atomic E-state index is 0.0250. The summed E-state index contributed by atoms with van der Waals surface area (Å²) < 4.78 is 1.47. The van der Waals surface area contributed by atoms with Crippen molar-refractivity contribution in [2.24, 2.45) is 0 Å². The van der Waals surface area contributed by atoms with Crippen molar-refractivity contribution in [3.05, 3.63) is 0 Å². The highest BCUT2D eigenvalue weighted by Crippen LogP contribution is 2.19. The smallest absolute Gasteiger partial charge is 0.234 e. The first-order valence-corrected chi connectivity index (χ1v) is 3.46. The van der Waals surface area contributed by atoms with E-state index in [0.717, 1.165) is 18.5 Å². The van der Waals surface area contributed by atoms with Crippen LogP contribution in [0.2, 0.25) is 0 Å². The Bertz CT molecular complexity index is 157. The number of hydrogen-bond acceptors (Lipinski definition) is 3. The second kappa shape index (κ2) is 2.39. The number of amides is 1. The van der Waals surface area contributed by atoms with Gasteiger partial charge in [0.25, 0.3) is 0 Å². The molecule has 1 aliphatic rings. The van der Waals surface area contributed by atoms with Gasteiger partial charge < -0.3 is 0 Å². The lowest BCUT2D eigenvalue weighted by Crippen LogP contribution is -2.38. The fourth-order valence-electron chi connectivity index (χ4n) is 0.546. The van der Waals surface area contributed by atoms with Crippen molar-refractivity contribution in [1.82, 2.24) is 4.31 Å². The van der Waals surface area contributed by atoms with E-state index in [0.29, 0.717) is 6.42 Å². The SMILES string of the molecule is CC(=O)SN1CCC1=O. The normalized spacial score (nSPS) is 17.4. The highest BCUT2D eigenvalue weighted by Gasteiger charge is 2.25. The Morgan fingerprint density at radius 1 is 1.78 bits per heavy atom. The molecule has 1 amide bonds. The van der Waals surface area contributed by atoms with Crippen molar-refractivity contribution in [1.29, 1.82) is 0 Å². The second-order valence-corrected chi connectivity index (χ2v) is 3.03. The van der Waals surface area contributed by atoms with Gasteiger partial charge in [-0.15, -0.1) is 0 Å². The number of rotatable bonds is 1. The molecule has 0 atom stereocenters. The molecule has 0 aliphatic carbocycles. The third-order valence-corrected chi connectivity index (χ3v) is 1.91. The van der Waals surface area contributed by atoms with E-state index in [9.17, 15) is 9.59 Å². The predicted molar refractivity (Wildman–Crippen MR) is 34.6 cm³/mol. The van der Waals surface area contributed by atoms with Crippen LogP contribution in [0.4, 0.5) is 0 Å². The van der Waals surface area contributed by atoms with E-state index < -0.39 is 0 Å². The van der Waals surface area contributed by atoms with Crippen molar-refractivity contribution in [2.75, 3.05) is 6.54 Å². The second-order valence-electron chi connectivity index (χ2n) is 1.83. The van der Waals surface area contributed by atoms with E-state index in [1.807, 2.05) is 0 Å². The molecule has 4 heteroatoms. The summed E-state index contributed by atoms with van der Waals surface area (Å²) in [5, 5.41) is -0.0250. The molecule has 3 nitrogen and oxygen atoms in total. The van der Waals surface area contributed by atoms with E-state index >= 15 is 0 Å². The maximum Gasteiger partial charge on any atom is 0.234 e. The quantitative estimate of drug-likeness (QED) is 0.396. The Hall–Kier alpha value is -0.510. The molecule has 0 spiro atoms. The summed E-state index contributed by atoms with van der Waals surface area (Å²) >= 11 is 0.994. The molecule has 1 fully saturated rings. The highest BCUT2D eigenvalue weighted by atomic mass is 32.2. The van der Waals surface area contributed by atoms with Gasteiger partial charge in [0, 0.05) is 31.8 Å². The van der Waals surface area contributed by atoms with Gasteiger partial charge in [-0.1, -0.05) is 0 Å². The lowest BCUT2D eigenvalue weighted by Gasteiger charge is -2.27. The van der Waals surface area contributed by atoms with Crippen molar-refractivity contribution < 1.29 is 9.59 Å². The van der Waals surface area contributed by atoms with Gasteiger partial charge in [-0.05, 0) is 0 Å². The van der Waals surface area contributed by atoms with Crippen molar-refractivity contribution in [3.63, 3.8) is 0 Å². The van der Waals surface area contributed by atoms with Gasteiger partial charge in [0.2, 0.25) is 11.0 Å². The first-order valence-electron chi connectivity index (χ1n) is 2.69. The topological polar surface area (TPSA) is 37.4 Å². The molecule has 1 aliphatic heterocycles. The van der Waals surface area contributed by atoms with Crippen molar-refractivity contribution >= 4 is 23.0 Å². The van der Waals surface area contributed by atoms with Gasteiger partial charge in [0.1, 0.15) is 0 Å². The van der Waals surface area contributed by atoms with Crippen molar-refractivity contribution in [2.45, 2.75) is 13.3 Å². The first-order chi connectivity index (χ1) is 4.20. The molecule has 9 heavy (non-hydrogen) atoms. The summed E-state index contributed by atoms with van der Waals surface area (Å²) in [6, 6.07) is 0. The van der Waals surface area contributed by atoms with Crippen molar-refractivity contribution in [3.8, 4) is 0 Å². The molecule has 1 heterocycles. The average molecular weight is 145 g/mol. The zero-order valence-corrected chi connectivity index (χ0v) is 5.90. The van der Waals surface area contributed by atoms with Gasteiger partial charge in [-0.25, -0.2) is 0 Å². The molecule has 50 valence electrons. The summed E-state index contributed by atoms with van der Waals surface area (Å²) in [6.07, 6.45) is 0.597. The van der Waals surface area contributed by atoms with Gasteiger partial charge in [-0.3, -0.25) is 13.9 Å². The van der Waals surface area contributed by atoms with Crippen LogP contribution in [0.15, 0.2) is 0 Å². The monoisotopic (exact) mass is 145 g/mol. The molecule has 0 aromatic carbocycles. The summed E-state index contributed by atoms with van der Waals surface area (Å²) in [5.41, 5.74) is 0. The minimum atomic E-state index is -0.0250. The van der Waals surface area contributed by atoms with E-state index in [4.69, 9.17) is 0 Å². The predicted octanol–water partition coefficient (Wildman–Crippen LogP) is 0.413. The van der Waals surface area contributed by atoms with Gasteiger partial charge >= 0.3 is 0 Å².